The van der Waals surface area contributed by atoms with Crippen molar-refractivity contribution in [2.45, 2.75) is 58.4 Å². The molecule has 166 valence electrons. The number of ether oxygens (including phenoxy) is 1. The molecule has 2 aromatic rings. The van der Waals surface area contributed by atoms with Crippen LogP contribution in [0.3, 0.4) is 0 Å². The number of carbonyl (C=O) groups is 2. The number of imidazole rings is 1. The van der Waals surface area contributed by atoms with Crippen LogP contribution in [0.5, 0.6) is 0 Å². The zero-order chi connectivity index (χ0) is 22.2. The number of fused-ring (bicyclic) bond motifs is 1. The molecule has 31 heavy (non-hydrogen) atoms. The number of nitrogens with one attached hydrogen (secondary N) is 1. The van der Waals surface area contributed by atoms with Gasteiger partial charge >= 0.3 is 0 Å². The lowest BCUT2D eigenvalue weighted by atomic mass is 9.94. The SMILES string of the molecule is CC(C)(C)NC(=O)C1CCN(C(=O)c2ncn3c2COC(c2ccc(F)cc2)C3)CC1. The summed E-state index contributed by atoms with van der Waals surface area (Å²) in [6.45, 7) is 7.76. The Hall–Kier alpha value is -2.74. The summed E-state index contributed by atoms with van der Waals surface area (Å²) in [6.07, 6.45) is 2.76. The van der Waals surface area contributed by atoms with Crippen LogP contribution in [0.2, 0.25) is 0 Å². The van der Waals surface area contributed by atoms with Crippen molar-refractivity contribution in [1.29, 1.82) is 0 Å². The van der Waals surface area contributed by atoms with Gasteiger partial charge < -0.3 is 19.5 Å². The number of piperidine rings is 1. The fourth-order valence-corrected chi connectivity index (χ4v) is 4.15. The van der Waals surface area contributed by atoms with Crippen LogP contribution in [-0.4, -0.2) is 44.9 Å². The van der Waals surface area contributed by atoms with Gasteiger partial charge in [0, 0.05) is 24.5 Å². The van der Waals surface area contributed by atoms with E-state index < -0.39 is 0 Å². The highest BCUT2D eigenvalue weighted by atomic mass is 19.1. The van der Waals surface area contributed by atoms with E-state index >= 15 is 0 Å². The smallest absolute Gasteiger partial charge is 0.274 e. The number of hydrogen-bond donors (Lipinski definition) is 1. The molecule has 7 nitrogen and oxygen atoms in total. The van der Waals surface area contributed by atoms with Crippen LogP contribution < -0.4 is 5.32 Å². The third-order valence-electron chi connectivity index (χ3n) is 5.83. The normalized spacial score (nSPS) is 19.7. The van der Waals surface area contributed by atoms with E-state index in [1.54, 1.807) is 23.4 Å². The third-order valence-corrected chi connectivity index (χ3v) is 5.83. The highest BCUT2D eigenvalue weighted by Crippen LogP contribution is 2.29. The van der Waals surface area contributed by atoms with E-state index in [1.807, 2.05) is 25.3 Å². The van der Waals surface area contributed by atoms with Crippen molar-refractivity contribution in [2.75, 3.05) is 13.1 Å². The quantitative estimate of drug-likeness (QED) is 0.815. The van der Waals surface area contributed by atoms with E-state index in [0.29, 0.717) is 38.2 Å². The first-order valence-corrected chi connectivity index (χ1v) is 10.7. The number of halogens is 1. The Morgan fingerprint density at radius 1 is 1.16 bits per heavy atom. The van der Waals surface area contributed by atoms with Gasteiger partial charge in [0.1, 0.15) is 11.9 Å². The standard InChI is InChI=1S/C23H29FN4O3/c1-23(2,3)26-21(29)16-8-10-27(11-9-16)22(30)20-18-13-31-19(12-28(18)14-25-20)15-4-6-17(24)7-5-15/h4-7,14,16,19H,8-13H2,1-3H3,(H,26,29). The van der Waals surface area contributed by atoms with Gasteiger partial charge in [-0.05, 0) is 51.3 Å². The van der Waals surface area contributed by atoms with Gasteiger partial charge in [-0.2, -0.15) is 0 Å². The Morgan fingerprint density at radius 3 is 2.48 bits per heavy atom. The van der Waals surface area contributed by atoms with Crippen LogP contribution >= 0.6 is 0 Å². The van der Waals surface area contributed by atoms with Crippen LogP contribution in [0.1, 0.15) is 61.5 Å². The number of rotatable bonds is 3. The lowest BCUT2D eigenvalue weighted by Crippen LogP contribution is -2.48. The van der Waals surface area contributed by atoms with Gasteiger partial charge in [-0.25, -0.2) is 9.37 Å². The molecule has 0 bridgehead atoms. The van der Waals surface area contributed by atoms with E-state index in [1.165, 1.54) is 12.1 Å². The molecule has 1 aromatic heterocycles. The van der Waals surface area contributed by atoms with E-state index in [-0.39, 0.29) is 41.8 Å². The zero-order valence-corrected chi connectivity index (χ0v) is 18.2. The molecule has 1 unspecified atom stereocenters. The molecule has 1 aromatic carbocycles. The number of likely N-dealkylation sites (tertiary alicyclic amines) is 1. The molecule has 1 fully saturated rings. The van der Waals surface area contributed by atoms with Crippen molar-refractivity contribution in [1.82, 2.24) is 19.8 Å². The van der Waals surface area contributed by atoms with Crippen LogP contribution in [0, 0.1) is 11.7 Å². The molecular formula is C23H29FN4O3. The number of carbonyl (C=O) groups excluding carboxylic acids is 2. The summed E-state index contributed by atoms with van der Waals surface area (Å²) in [4.78, 5) is 31.6. The summed E-state index contributed by atoms with van der Waals surface area (Å²) in [5.74, 6) is -0.416. The predicted octanol–water partition coefficient (Wildman–Crippen LogP) is 3.06. The zero-order valence-electron chi connectivity index (χ0n) is 18.2. The largest absolute Gasteiger partial charge is 0.365 e. The monoisotopic (exact) mass is 428 g/mol. The molecule has 1 saturated heterocycles. The van der Waals surface area contributed by atoms with Gasteiger partial charge in [-0.15, -0.1) is 0 Å². The van der Waals surface area contributed by atoms with E-state index in [0.717, 1.165) is 11.3 Å². The number of aromatic nitrogens is 2. The maximum atomic E-state index is 13.2. The minimum atomic E-state index is -0.282. The van der Waals surface area contributed by atoms with Crippen LogP contribution in [0.25, 0.3) is 0 Å². The highest BCUT2D eigenvalue weighted by Gasteiger charge is 2.33. The maximum absolute atomic E-state index is 13.2. The molecular weight excluding hydrogens is 399 g/mol. The maximum Gasteiger partial charge on any atom is 0.274 e. The molecule has 0 saturated carbocycles. The highest BCUT2D eigenvalue weighted by molar-refractivity contribution is 5.93. The summed E-state index contributed by atoms with van der Waals surface area (Å²) >= 11 is 0. The molecule has 8 heteroatoms. The first-order chi connectivity index (χ1) is 14.7. The number of nitrogens with zero attached hydrogens (tertiary/aromatic N) is 3. The lowest BCUT2D eigenvalue weighted by Gasteiger charge is -2.33. The Balaban J connectivity index is 1.38. The lowest BCUT2D eigenvalue weighted by molar-refractivity contribution is -0.127. The number of benzene rings is 1. The first kappa shape index (κ1) is 21.5. The molecule has 0 radical (unpaired) electrons. The fraction of sp³-hybridized carbons (Fsp3) is 0.522. The Morgan fingerprint density at radius 2 is 1.84 bits per heavy atom. The second kappa shape index (κ2) is 8.42. The van der Waals surface area contributed by atoms with E-state index in [9.17, 15) is 14.0 Å². The van der Waals surface area contributed by atoms with Crippen molar-refractivity contribution in [3.8, 4) is 0 Å². The molecule has 1 N–H and O–H groups in total. The van der Waals surface area contributed by atoms with Crippen LogP contribution in [0.4, 0.5) is 4.39 Å². The van der Waals surface area contributed by atoms with Crippen molar-refractivity contribution in [3.63, 3.8) is 0 Å². The van der Waals surface area contributed by atoms with Crippen LogP contribution in [-0.2, 0) is 22.7 Å². The molecule has 3 heterocycles. The van der Waals surface area contributed by atoms with Gasteiger partial charge in [-0.3, -0.25) is 9.59 Å². The predicted molar refractivity (Wildman–Crippen MR) is 113 cm³/mol. The second-order valence-electron chi connectivity index (χ2n) is 9.35. The van der Waals surface area contributed by atoms with E-state index in [4.69, 9.17) is 4.74 Å². The Bertz CT molecular complexity index is 956. The molecule has 1 atom stereocenters. The number of amides is 2. The van der Waals surface area contributed by atoms with Gasteiger partial charge in [0.2, 0.25) is 5.91 Å². The minimum Gasteiger partial charge on any atom is -0.365 e. The summed E-state index contributed by atoms with van der Waals surface area (Å²) in [5, 5.41) is 3.03. The van der Waals surface area contributed by atoms with Crippen molar-refractivity contribution in [2.24, 2.45) is 5.92 Å². The molecule has 2 amide bonds. The van der Waals surface area contributed by atoms with Gasteiger partial charge in [0.25, 0.3) is 5.91 Å². The molecule has 2 aliphatic rings. The topological polar surface area (TPSA) is 76.5 Å². The average Bonchev–Trinajstić information content (AvgIpc) is 3.16. The van der Waals surface area contributed by atoms with Gasteiger partial charge in [0.05, 0.1) is 25.2 Å². The van der Waals surface area contributed by atoms with Crippen molar-refractivity contribution in [3.05, 3.63) is 53.4 Å². The Labute approximate surface area is 181 Å². The number of hydrogen-bond acceptors (Lipinski definition) is 4. The fourth-order valence-electron chi connectivity index (χ4n) is 4.15. The molecule has 0 aliphatic carbocycles. The van der Waals surface area contributed by atoms with Crippen molar-refractivity contribution >= 4 is 11.8 Å². The molecule has 2 aliphatic heterocycles. The van der Waals surface area contributed by atoms with Gasteiger partial charge in [0.15, 0.2) is 5.69 Å². The minimum absolute atomic E-state index is 0.0548. The average molecular weight is 429 g/mol. The summed E-state index contributed by atoms with van der Waals surface area (Å²) in [5.41, 5.74) is 1.81. The van der Waals surface area contributed by atoms with E-state index in [2.05, 4.69) is 10.3 Å². The summed E-state index contributed by atoms with van der Waals surface area (Å²) in [7, 11) is 0. The van der Waals surface area contributed by atoms with Gasteiger partial charge in [-0.1, -0.05) is 12.1 Å². The summed E-state index contributed by atoms with van der Waals surface area (Å²) in [6, 6.07) is 6.27. The van der Waals surface area contributed by atoms with Crippen molar-refractivity contribution < 1.29 is 18.7 Å². The second-order valence-corrected chi connectivity index (χ2v) is 9.35. The van der Waals surface area contributed by atoms with Crippen LogP contribution in [0.15, 0.2) is 30.6 Å². The summed E-state index contributed by atoms with van der Waals surface area (Å²) < 4.78 is 21.1. The molecule has 4 rings (SSSR count). The third kappa shape index (κ3) is 4.79. The molecule has 0 spiro atoms. The first-order valence-electron chi connectivity index (χ1n) is 10.7. The Kier molecular flexibility index (Phi) is 5.83.